The minimum atomic E-state index is -1.18. The SMILES string of the molecule is C[C@@H](C(=S)Cc1ccc([N+](=O)[O-])cc1)[C@H]1NC(=O)[C@H]1[C@@H](CO[SiH](C)C)C(C)(C)C. The molecule has 0 saturated carbocycles. The van der Waals surface area contributed by atoms with Gasteiger partial charge in [-0.1, -0.05) is 52.0 Å². The maximum absolute atomic E-state index is 12.5. The minimum absolute atomic E-state index is 0.00491. The van der Waals surface area contributed by atoms with E-state index in [2.05, 4.69) is 46.1 Å². The Bertz CT molecular complexity index is 761. The molecule has 1 aliphatic rings. The van der Waals surface area contributed by atoms with Crippen molar-refractivity contribution in [1.82, 2.24) is 5.32 Å². The highest BCUT2D eigenvalue weighted by molar-refractivity contribution is 7.80. The zero-order valence-electron chi connectivity index (χ0n) is 18.1. The van der Waals surface area contributed by atoms with Crippen LogP contribution in [0.2, 0.25) is 13.1 Å². The van der Waals surface area contributed by atoms with Crippen LogP contribution in [0.3, 0.4) is 0 Å². The topological polar surface area (TPSA) is 81.5 Å². The van der Waals surface area contributed by atoms with Gasteiger partial charge in [-0.15, -0.1) is 0 Å². The molecule has 1 amide bonds. The average Bonchev–Trinajstić information content (AvgIpc) is 2.61. The van der Waals surface area contributed by atoms with E-state index in [0.717, 1.165) is 10.4 Å². The second kappa shape index (κ2) is 9.45. The van der Waals surface area contributed by atoms with Crippen molar-refractivity contribution in [2.75, 3.05) is 6.61 Å². The molecule has 1 aromatic carbocycles. The molecule has 29 heavy (non-hydrogen) atoms. The highest BCUT2D eigenvalue weighted by atomic mass is 32.1. The number of nitro groups is 1. The van der Waals surface area contributed by atoms with Gasteiger partial charge in [0.1, 0.15) is 0 Å². The summed E-state index contributed by atoms with van der Waals surface area (Å²) in [7, 11) is -1.18. The van der Waals surface area contributed by atoms with Crippen molar-refractivity contribution in [3.05, 3.63) is 39.9 Å². The average molecular weight is 437 g/mol. The van der Waals surface area contributed by atoms with E-state index in [9.17, 15) is 14.9 Å². The number of benzene rings is 1. The number of hydrogen-bond donors (Lipinski definition) is 1. The summed E-state index contributed by atoms with van der Waals surface area (Å²) >= 11 is 5.69. The number of nitrogens with one attached hydrogen (secondary N) is 1. The number of non-ortho nitro benzene ring substituents is 1. The molecule has 0 radical (unpaired) electrons. The monoisotopic (exact) mass is 436 g/mol. The van der Waals surface area contributed by atoms with Crippen LogP contribution >= 0.6 is 12.2 Å². The van der Waals surface area contributed by atoms with Crippen LogP contribution in [0.25, 0.3) is 0 Å². The first-order valence-corrected chi connectivity index (χ1v) is 13.3. The molecule has 8 heteroatoms. The molecule has 4 atom stereocenters. The number of β-lactam (4-membered cyclic amide) rings is 1. The zero-order valence-corrected chi connectivity index (χ0v) is 20.1. The van der Waals surface area contributed by atoms with Crippen molar-refractivity contribution in [2.24, 2.45) is 23.2 Å². The van der Waals surface area contributed by atoms with Gasteiger partial charge in [0.05, 0.1) is 10.8 Å². The van der Waals surface area contributed by atoms with Gasteiger partial charge in [-0.2, -0.15) is 0 Å². The fourth-order valence-electron chi connectivity index (χ4n) is 3.77. The Morgan fingerprint density at radius 2 is 1.90 bits per heavy atom. The number of hydrogen-bond acceptors (Lipinski definition) is 5. The molecule has 0 unspecified atom stereocenters. The lowest BCUT2D eigenvalue weighted by molar-refractivity contribution is -0.384. The van der Waals surface area contributed by atoms with Gasteiger partial charge in [-0.05, 0) is 30.0 Å². The molecule has 1 fully saturated rings. The van der Waals surface area contributed by atoms with E-state index >= 15 is 0 Å². The summed E-state index contributed by atoms with van der Waals surface area (Å²) in [5.74, 6) is 0.117. The van der Waals surface area contributed by atoms with Crippen LogP contribution in [-0.4, -0.2) is 37.4 Å². The van der Waals surface area contributed by atoms with Crippen LogP contribution in [0, 0.1) is 33.3 Å². The number of nitro benzene ring substituents is 1. The predicted molar refractivity (Wildman–Crippen MR) is 122 cm³/mol. The molecule has 0 aromatic heterocycles. The summed E-state index contributed by atoms with van der Waals surface area (Å²) in [4.78, 5) is 23.8. The second-order valence-corrected chi connectivity index (χ2v) is 12.2. The Hall–Kier alpha value is -1.64. The molecule has 0 bridgehead atoms. The largest absolute Gasteiger partial charge is 0.420 e. The van der Waals surface area contributed by atoms with Crippen molar-refractivity contribution < 1.29 is 14.1 Å². The summed E-state index contributed by atoms with van der Waals surface area (Å²) in [5, 5.41) is 13.9. The first-order valence-electron chi connectivity index (χ1n) is 10.1. The van der Waals surface area contributed by atoms with Crippen molar-refractivity contribution in [3.8, 4) is 0 Å². The van der Waals surface area contributed by atoms with Gasteiger partial charge in [0.2, 0.25) is 5.91 Å². The van der Waals surface area contributed by atoms with E-state index in [1.807, 2.05) is 0 Å². The van der Waals surface area contributed by atoms with E-state index in [-0.39, 0.29) is 40.8 Å². The van der Waals surface area contributed by atoms with Crippen molar-refractivity contribution in [3.63, 3.8) is 0 Å². The lowest BCUT2D eigenvalue weighted by Gasteiger charge is -2.49. The Morgan fingerprint density at radius 3 is 2.34 bits per heavy atom. The van der Waals surface area contributed by atoms with Gasteiger partial charge in [-0.3, -0.25) is 14.9 Å². The number of amides is 1. The lowest BCUT2D eigenvalue weighted by Crippen LogP contribution is -2.66. The molecule has 1 saturated heterocycles. The molecule has 0 spiro atoms. The van der Waals surface area contributed by atoms with Gasteiger partial charge >= 0.3 is 0 Å². The van der Waals surface area contributed by atoms with Crippen molar-refractivity contribution in [1.29, 1.82) is 0 Å². The molecule has 1 N–H and O–H groups in total. The standard InChI is InChI=1S/C21H32N2O4SSi/c1-13(17(28)11-14-7-9-15(10-8-14)23(25)26)19-18(20(24)22-19)16(21(2,3)4)12-27-29(5)6/h7-10,13,16,18-19,29H,11-12H2,1-6H3,(H,22,24)/t13-,16+,18-,19+/m0/s1. The van der Waals surface area contributed by atoms with E-state index in [4.69, 9.17) is 16.6 Å². The van der Waals surface area contributed by atoms with Crippen LogP contribution in [0.4, 0.5) is 5.69 Å². The van der Waals surface area contributed by atoms with Crippen molar-refractivity contribution in [2.45, 2.75) is 53.3 Å². The number of carbonyl (C=O) groups excluding carboxylic acids is 1. The Morgan fingerprint density at radius 1 is 1.31 bits per heavy atom. The lowest BCUT2D eigenvalue weighted by atomic mass is 9.64. The maximum Gasteiger partial charge on any atom is 0.269 e. The molecular weight excluding hydrogens is 404 g/mol. The third-order valence-corrected chi connectivity index (χ3v) is 7.10. The third-order valence-electron chi connectivity index (χ3n) is 5.73. The van der Waals surface area contributed by atoms with Crippen LogP contribution in [-0.2, 0) is 15.6 Å². The van der Waals surface area contributed by atoms with Gasteiger partial charge in [-0.25, -0.2) is 0 Å². The normalized spacial score (nSPS) is 21.3. The highest BCUT2D eigenvalue weighted by Crippen LogP contribution is 2.40. The van der Waals surface area contributed by atoms with Gasteiger partial charge in [0.15, 0.2) is 9.04 Å². The quantitative estimate of drug-likeness (QED) is 0.209. The van der Waals surface area contributed by atoms with Crippen LogP contribution in [0.1, 0.15) is 33.3 Å². The smallest absolute Gasteiger partial charge is 0.269 e. The molecule has 1 heterocycles. The van der Waals surface area contributed by atoms with Gasteiger partial charge < -0.3 is 9.74 Å². The van der Waals surface area contributed by atoms with Gasteiger partial charge in [0.25, 0.3) is 5.69 Å². The highest BCUT2D eigenvalue weighted by Gasteiger charge is 2.50. The van der Waals surface area contributed by atoms with E-state index in [1.54, 1.807) is 12.1 Å². The van der Waals surface area contributed by atoms with Crippen LogP contribution in [0.15, 0.2) is 24.3 Å². The number of carbonyl (C=O) groups is 1. The summed E-state index contributed by atoms with van der Waals surface area (Å²) in [6.45, 7) is 13.4. The van der Waals surface area contributed by atoms with E-state index in [0.29, 0.717) is 13.0 Å². The van der Waals surface area contributed by atoms with E-state index in [1.165, 1.54) is 12.1 Å². The first-order chi connectivity index (χ1) is 13.4. The number of rotatable bonds is 9. The molecule has 6 nitrogen and oxygen atoms in total. The Balaban J connectivity index is 2.09. The zero-order chi connectivity index (χ0) is 21.9. The minimum Gasteiger partial charge on any atom is -0.420 e. The predicted octanol–water partition coefficient (Wildman–Crippen LogP) is 3.92. The molecular formula is C21H32N2O4SSi. The van der Waals surface area contributed by atoms with Crippen LogP contribution < -0.4 is 5.32 Å². The van der Waals surface area contributed by atoms with E-state index < -0.39 is 14.0 Å². The second-order valence-electron chi connectivity index (χ2n) is 9.27. The Kier molecular flexibility index (Phi) is 7.70. The molecule has 160 valence electrons. The van der Waals surface area contributed by atoms with Gasteiger partial charge in [0, 0.05) is 42.0 Å². The summed E-state index contributed by atoms with van der Waals surface area (Å²) in [5.41, 5.74) is 0.959. The molecule has 1 aliphatic heterocycles. The number of nitrogens with zero attached hydrogens (tertiary/aromatic N) is 1. The number of thiocarbonyl (C=S) groups is 1. The van der Waals surface area contributed by atoms with Crippen LogP contribution in [0.5, 0.6) is 0 Å². The fraction of sp³-hybridized carbons (Fsp3) is 0.619. The summed E-state index contributed by atoms with van der Waals surface area (Å²) < 4.78 is 6.02. The van der Waals surface area contributed by atoms with Crippen molar-refractivity contribution >= 4 is 37.7 Å². The summed E-state index contributed by atoms with van der Waals surface area (Å²) in [6, 6.07) is 6.48. The molecule has 0 aliphatic carbocycles. The first kappa shape index (κ1) is 23.6. The summed E-state index contributed by atoms with van der Waals surface area (Å²) in [6.07, 6.45) is 0.559. The Labute approximate surface area is 180 Å². The molecule has 1 aromatic rings. The third kappa shape index (κ3) is 5.93. The fourth-order valence-corrected chi connectivity index (χ4v) is 4.68. The maximum atomic E-state index is 12.5. The molecule has 2 rings (SSSR count).